The predicted octanol–water partition coefficient (Wildman–Crippen LogP) is 3.86. The van der Waals surface area contributed by atoms with Crippen molar-refractivity contribution in [2.24, 2.45) is 5.92 Å². The lowest BCUT2D eigenvalue weighted by Gasteiger charge is -2.19. The quantitative estimate of drug-likeness (QED) is 0.386. The Labute approximate surface area is 147 Å². The molecule has 0 aromatic heterocycles. The first kappa shape index (κ1) is 21.2. The Morgan fingerprint density at radius 3 is 2.67 bits per heavy atom. The van der Waals surface area contributed by atoms with E-state index in [9.17, 15) is 13.2 Å². The van der Waals surface area contributed by atoms with E-state index < -0.39 is 16.0 Å². The number of sulfonamides is 1. The molecule has 6 heteroatoms. The lowest BCUT2D eigenvalue weighted by molar-refractivity contribution is -0.137. The maximum atomic E-state index is 12.2. The topological polar surface area (TPSA) is 83.5 Å². The third-order valence-electron chi connectivity index (χ3n) is 4.62. The van der Waals surface area contributed by atoms with Crippen molar-refractivity contribution < 1.29 is 18.3 Å². The average molecular weight is 360 g/mol. The number of unbranched alkanes of at least 4 members (excludes halogenated alkanes) is 4. The molecule has 1 rings (SSSR count). The lowest BCUT2D eigenvalue weighted by Crippen LogP contribution is -2.38. The molecule has 0 saturated heterocycles. The minimum absolute atomic E-state index is 0.0600. The van der Waals surface area contributed by atoms with Gasteiger partial charge in [-0.1, -0.05) is 44.8 Å². The number of allylic oxidation sites excluding steroid dienone is 2. The monoisotopic (exact) mass is 359 g/mol. The van der Waals surface area contributed by atoms with Crippen LogP contribution in [0.2, 0.25) is 0 Å². The molecule has 0 aromatic carbocycles. The van der Waals surface area contributed by atoms with Gasteiger partial charge in [0.1, 0.15) is 0 Å². The third kappa shape index (κ3) is 9.42. The molecule has 1 aliphatic carbocycles. The van der Waals surface area contributed by atoms with E-state index in [1.807, 2.05) is 6.08 Å². The van der Waals surface area contributed by atoms with Crippen molar-refractivity contribution >= 4 is 16.0 Å². The van der Waals surface area contributed by atoms with Crippen molar-refractivity contribution in [3.05, 3.63) is 12.2 Å². The second-order valence-corrected chi connectivity index (χ2v) is 8.66. The van der Waals surface area contributed by atoms with Crippen LogP contribution in [-0.4, -0.2) is 31.3 Å². The summed E-state index contributed by atoms with van der Waals surface area (Å²) in [4.78, 5) is 10.4. The van der Waals surface area contributed by atoms with Crippen LogP contribution in [0.5, 0.6) is 0 Å². The summed E-state index contributed by atoms with van der Waals surface area (Å²) in [6.45, 7) is 2.12. The van der Waals surface area contributed by atoms with Crippen LogP contribution >= 0.6 is 0 Å². The molecule has 0 heterocycles. The molecular weight excluding hydrogens is 326 g/mol. The van der Waals surface area contributed by atoms with Gasteiger partial charge in [0.25, 0.3) is 0 Å². The van der Waals surface area contributed by atoms with Crippen molar-refractivity contribution in [2.75, 3.05) is 5.75 Å². The zero-order valence-corrected chi connectivity index (χ0v) is 15.7. The Balaban J connectivity index is 2.31. The van der Waals surface area contributed by atoms with Gasteiger partial charge in [0.15, 0.2) is 0 Å². The van der Waals surface area contributed by atoms with E-state index in [-0.39, 0.29) is 18.2 Å². The van der Waals surface area contributed by atoms with Gasteiger partial charge in [-0.3, -0.25) is 4.79 Å². The van der Waals surface area contributed by atoms with E-state index >= 15 is 0 Å². The maximum Gasteiger partial charge on any atom is 0.303 e. The van der Waals surface area contributed by atoms with Gasteiger partial charge >= 0.3 is 5.97 Å². The molecule has 0 spiro atoms. The first-order chi connectivity index (χ1) is 11.4. The number of nitrogens with one attached hydrogen (secondary N) is 1. The molecular formula is C18H33NO4S. The molecule has 5 nitrogen and oxygen atoms in total. The second-order valence-electron chi connectivity index (χ2n) is 6.79. The molecule has 0 aliphatic heterocycles. The third-order valence-corrected chi connectivity index (χ3v) is 6.11. The summed E-state index contributed by atoms with van der Waals surface area (Å²) in [6, 6.07) is 0.0600. The largest absolute Gasteiger partial charge is 0.481 e. The van der Waals surface area contributed by atoms with E-state index in [1.54, 1.807) is 0 Å². The summed E-state index contributed by atoms with van der Waals surface area (Å²) < 4.78 is 27.3. The number of hydrogen-bond donors (Lipinski definition) is 2. The highest BCUT2D eigenvalue weighted by atomic mass is 32.2. The van der Waals surface area contributed by atoms with Crippen LogP contribution in [0.3, 0.4) is 0 Å². The molecule has 2 atom stereocenters. The van der Waals surface area contributed by atoms with E-state index in [4.69, 9.17) is 5.11 Å². The second kappa shape index (κ2) is 11.6. The predicted molar refractivity (Wildman–Crippen MR) is 97.4 cm³/mol. The molecule has 0 aromatic rings. The number of aliphatic carboxylic acids is 1. The minimum Gasteiger partial charge on any atom is -0.481 e. The van der Waals surface area contributed by atoms with Crippen LogP contribution < -0.4 is 4.72 Å². The Kier molecular flexibility index (Phi) is 10.3. The Morgan fingerprint density at radius 2 is 1.96 bits per heavy atom. The van der Waals surface area contributed by atoms with E-state index in [0.29, 0.717) is 12.3 Å². The molecule has 0 bridgehead atoms. The van der Waals surface area contributed by atoms with Gasteiger partial charge in [0.05, 0.1) is 5.75 Å². The summed E-state index contributed by atoms with van der Waals surface area (Å²) in [5, 5.41) is 8.59. The highest BCUT2D eigenvalue weighted by Crippen LogP contribution is 2.29. The van der Waals surface area contributed by atoms with E-state index in [1.165, 1.54) is 0 Å². The number of rotatable bonds is 13. The first-order valence-corrected chi connectivity index (χ1v) is 11.0. The average Bonchev–Trinajstić information content (AvgIpc) is 2.93. The number of hydrogen-bond acceptors (Lipinski definition) is 3. The molecule has 140 valence electrons. The Hall–Kier alpha value is -0.880. The number of carbonyl (C=O) groups is 1. The smallest absolute Gasteiger partial charge is 0.303 e. The van der Waals surface area contributed by atoms with Crippen LogP contribution in [0.4, 0.5) is 0 Å². The van der Waals surface area contributed by atoms with Crippen LogP contribution in [0, 0.1) is 5.92 Å². The molecule has 0 radical (unpaired) electrons. The van der Waals surface area contributed by atoms with Crippen molar-refractivity contribution in [3.8, 4) is 0 Å². The normalized spacial score (nSPS) is 21.5. The van der Waals surface area contributed by atoms with Gasteiger partial charge in [0, 0.05) is 12.5 Å². The fourth-order valence-corrected chi connectivity index (χ4v) is 4.72. The number of carboxylic acid groups (broad SMARTS) is 1. The fraction of sp³-hybridized carbons (Fsp3) is 0.833. The maximum absolute atomic E-state index is 12.2. The first-order valence-electron chi connectivity index (χ1n) is 9.31. The van der Waals surface area contributed by atoms with Crippen LogP contribution in [0.1, 0.15) is 77.6 Å². The summed E-state index contributed by atoms with van der Waals surface area (Å²) in [5.41, 5.74) is 0. The number of carboxylic acids is 1. The molecule has 2 N–H and O–H groups in total. The zero-order valence-electron chi connectivity index (χ0n) is 14.9. The molecule has 1 aliphatic rings. The molecule has 1 saturated carbocycles. The van der Waals surface area contributed by atoms with E-state index in [2.05, 4.69) is 17.7 Å². The summed E-state index contributed by atoms with van der Waals surface area (Å²) in [7, 11) is -3.17. The van der Waals surface area contributed by atoms with Gasteiger partial charge in [-0.2, -0.15) is 0 Å². The zero-order chi connectivity index (χ0) is 17.8. The summed E-state index contributed by atoms with van der Waals surface area (Å²) in [5.74, 6) is -0.153. The molecule has 0 amide bonds. The Morgan fingerprint density at radius 1 is 1.17 bits per heavy atom. The lowest BCUT2D eigenvalue weighted by atomic mass is 10.00. The summed E-state index contributed by atoms with van der Waals surface area (Å²) >= 11 is 0. The standard InChI is InChI=1S/C18H33NO4S/c1-2-3-4-9-15-24(22,23)19-17-13-10-12-16(17)11-7-5-6-8-14-18(20)21/h5,7,16-17,19H,2-4,6,8-15H2,1H3,(H,20,21)/b7-5+. The van der Waals surface area contributed by atoms with Crippen molar-refractivity contribution in [2.45, 2.75) is 83.6 Å². The molecule has 24 heavy (non-hydrogen) atoms. The minimum atomic E-state index is -3.17. The fourth-order valence-electron chi connectivity index (χ4n) is 3.24. The van der Waals surface area contributed by atoms with Gasteiger partial charge in [-0.15, -0.1) is 0 Å². The van der Waals surface area contributed by atoms with Crippen molar-refractivity contribution in [1.29, 1.82) is 0 Å². The van der Waals surface area contributed by atoms with E-state index in [0.717, 1.165) is 57.8 Å². The highest BCUT2D eigenvalue weighted by Gasteiger charge is 2.29. The van der Waals surface area contributed by atoms with Gasteiger partial charge in [0.2, 0.25) is 10.0 Å². The Bertz CT molecular complexity index is 487. The molecule has 1 fully saturated rings. The highest BCUT2D eigenvalue weighted by molar-refractivity contribution is 7.89. The van der Waals surface area contributed by atoms with Gasteiger partial charge in [-0.05, 0) is 44.4 Å². The molecule has 2 unspecified atom stereocenters. The van der Waals surface area contributed by atoms with Crippen LogP contribution in [0.15, 0.2) is 12.2 Å². The van der Waals surface area contributed by atoms with Crippen molar-refractivity contribution in [1.82, 2.24) is 4.72 Å². The van der Waals surface area contributed by atoms with Gasteiger partial charge < -0.3 is 5.11 Å². The van der Waals surface area contributed by atoms with Crippen LogP contribution in [0.25, 0.3) is 0 Å². The SMILES string of the molecule is CCCCCCS(=O)(=O)NC1CCCC1C/C=C/CCCC(=O)O. The van der Waals surface area contributed by atoms with Crippen LogP contribution in [-0.2, 0) is 14.8 Å². The van der Waals surface area contributed by atoms with Crippen molar-refractivity contribution in [3.63, 3.8) is 0 Å². The van der Waals surface area contributed by atoms with Gasteiger partial charge in [-0.25, -0.2) is 13.1 Å². The summed E-state index contributed by atoms with van der Waals surface area (Å²) in [6.07, 6.45) is 13.6.